The lowest BCUT2D eigenvalue weighted by Gasteiger charge is -2.10. The molecule has 0 radical (unpaired) electrons. The van der Waals surface area contributed by atoms with Crippen LogP contribution in [0.4, 0.5) is 0 Å². The molecule has 1 rings (SSSR count). The molecule has 0 aliphatic carbocycles. The lowest BCUT2D eigenvalue weighted by atomic mass is 10.2. The molecule has 0 heterocycles. The van der Waals surface area contributed by atoms with Crippen LogP contribution in [-0.2, 0) is 0 Å². The Morgan fingerprint density at radius 3 is 2.53 bits per heavy atom. The van der Waals surface area contributed by atoms with E-state index in [9.17, 15) is 0 Å². The highest BCUT2D eigenvalue weighted by atomic mass is 35.6. The maximum absolute atomic E-state index is 6.53. The van der Waals surface area contributed by atoms with Gasteiger partial charge < -0.3 is 0 Å². The van der Waals surface area contributed by atoms with Crippen molar-refractivity contribution in [3.05, 3.63) is 29.8 Å². The highest BCUT2D eigenvalue weighted by molar-refractivity contribution is 7.14. The number of hydrogen-bond donors (Lipinski definition) is 0. The van der Waals surface area contributed by atoms with Crippen LogP contribution in [-0.4, -0.2) is 8.11 Å². The van der Waals surface area contributed by atoms with Crippen molar-refractivity contribution < 1.29 is 0 Å². The van der Waals surface area contributed by atoms with E-state index in [1.165, 1.54) is 42.5 Å². The molecule has 0 saturated carbocycles. The van der Waals surface area contributed by atoms with Gasteiger partial charge in [-0.1, -0.05) is 62.4 Å². The number of benzene rings is 1. The Balaban J connectivity index is 2.40. The number of rotatable bonds is 6. The molecular formula is C13H21ClSi. The van der Waals surface area contributed by atoms with Crippen molar-refractivity contribution in [1.29, 1.82) is 0 Å². The van der Waals surface area contributed by atoms with Gasteiger partial charge in [0.1, 0.15) is 0 Å². The van der Waals surface area contributed by atoms with E-state index in [1.807, 2.05) is 0 Å². The summed E-state index contributed by atoms with van der Waals surface area (Å²) >= 11 is 6.53. The van der Waals surface area contributed by atoms with E-state index in [0.717, 1.165) is 0 Å². The van der Waals surface area contributed by atoms with Crippen LogP contribution in [0, 0.1) is 6.92 Å². The largest absolute Gasteiger partial charge is 0.171 e. The van der Waals surface area contributed by atoms with E-state index in [4.69, 9.17) is 11.1 Å². The van der Waals surface area contributed by atoms with Gasteiger partial charge in [0.25, 0.3) is 0 Å². The summed E-state index contributed by atoms with van der Waals surface area (Å²) in [5.41, 5.74) is 1.37. The molecule has 0 N–H and O–H groups in total. The molecule has 1 aromatic rings. The molecular weight excluding hydrogens is 220 g/mol. The molecule has 0 bridgehead atoms. The third kappa shape index (κ3) is 4.39. The van der Waals surface area contributed by atoms with Gasteiger partial charge in [0.15, 0.2) is 8.11 Å². The van der Waals surface area contributed by atoms with Gasteiger partial charge >= 0.3 is 0 Å². The summed E-state index contributed by atoms with van der Waals surface area (Å²) in [6, 6.07) is 9.82. The Hall–Kier alpha value is -0.273. The van der Waals surface area contributed by atoms with Gasteiger partial charge in [-0.15, -0.1) is 0 Å². The first-order valence-corrected chi connectivity index (χ1v) is 9.09. The molecule has 0 nitrogen and oxygen atoms in total. The van der Waals surface area contributed by atoms with Gasteiger partial charge in [0, 0.05) is 0 Å². The minimum atomic E-state index is -1.17. The lowest BCUT2D eigenvalue weighted by Crippen LogP contribution is -2.26. The van der Waals surface area contributed by atoms with Gasteiger partial charge in [-0.2, -0.15) is 11.1 Å². The zero-order valence-corrected chi connectivity index (χ0v) is 11.7. The zero-order valence-electron chi connectivity index (χ0n) is 9.80. The predicted octanol–water partition coefficient (Wildman–Crippen LogP) is 3.74. The van der Waals surface area contributed by atoms with Gasteiger partial charge in [-0.25, -0.2) is 0 Å². The van der Waals surface area contributed by atoms with Crippen LogP contribution in [0.15, 0.2) is 24.3 Å². The van der Waals surface area contributed by atoms with Crippen molar-refractivity contribution in [2.45, 2.75) is 45.6 Å². The van der Waals surface area contributed by atoms with E-state index in [1.54, 1.807) is 0 Å². The number of halogens is 1. The number of unbranched alkanes of at least 4 members (excludes halogenated alkanes) is 3. The Morgan fingerprint density at radius 2 is 1.87 bits per heavy atom. The van der Waals surface area contributed by atoms with Crippen LogP contribution in [0.5, 0.6) is 0 Å². The minimum Gasteiger partial charge on any atom is -0.165 e. The summed E-state index contributed by atoms with van der Waals surface area (Å²) in [7, 11) is -1.17. The minimum absolute atomic E-state index is 1.17. The molecule has 1 aromatic carbocycles. The lowest BCUT2D eigenvalue weighted by molar-refractivity contribution is 0.700. The maximum atomic E-state index is 6.53. The molecule has 2 heteroatoms. The molecule has 0 aliphatic heterocycles. The van der Waals surface area contributed by atoms with Gasteiger partial charge in [-0.05, 0) is 18.2 Å². The Labute approximate surface area is 100.0 Å². The third-order valence-electron chi connectivity index (χ3n) is 2.84. The van der Waals surface area contributed by atoms with Crippen molar-refractivity contribution >= 4 is 24.4 Å². The van der Waals surface area contributed by atoms with Crippen molar-refractivity contribution in [3.8, 4) is 0 Å². The SMILES string of the molecule is CCCCCC[SiH](Cl)c1ccccc1C. The molecule has 0 saturated heterocycles. The monoisotopic (exact) mass is 240 g/mol. The van der Waals surface area contributed by atoms with Crippen molar-refractivity contribution in [1.82, 2.24) is 0 Å². The second-order valence-corrected chi connectivity index (χ2v) is 7.89. The van der Waals surface area contributed by atoms with Crippen LogP contribution >= 0.6 is 11.1 Å². The van der Waals surface area contributed by atoms with Gasteiger partial charge in [0.05, 0.1) is 0 Å². The summed E-state index contributed by atoms with van der Waals surface area (Å²) in [6.45, 7) is 4.42. The number of aryl methyl sites for hydroxylation is 1. The standard InChI is InChI=1S/C13H21ClSi/c1-3-4-5-8-11-15(14)13-10-7-6-9-12(13)2/h6-7,9-10,15H,3-5,8,11H2,1-2H3. The van der Waals surface area contributed by atoms with Gasteiger partial charge in [0.2, 0.25) is 0 Å². The van der Waals surface area contributed by atoms with E-state index in [2.05, 4.69) is 38.1 Å². The molecule has 15 heavy (non-hydrogen) atoms. The van der Waals surface area contributed by atoms with Crippen molar-refractivity contribution in [3.63, 3.8) is 0 Å². The molecule has 0 aliphatic rings. The van der Waals surface area contributed by atoms with Crippen molar-refractivity contribution in [2.75, 3.05) is 0 Å². The highest BCUT2D eigenvalue weighted by Gasteiger charge is 2.11. The van der Waals surface area contributed by atoms with Gasteiger partial charge in [-0.3, -0.25) is 0 Å². The molecule has 0 amide bonds. The molecule has 1 unspecified atom stereocenters. The predicted molar refractivity (Wildman–Crippen MR) is 72.8 cm³/mol. The second-order valence-electron chi connectivity index (χ2n) is 4.17. The summed E-state index contributed by atoms with van der Waals surface area (Å²) in [6.07, 6.45) is 5.31. The summed E-state index contributed by atoms with van der Waals surface area (Å²) < 4.78 is 0. The topological polar surface area (TPSA) is 0 Å². The Bertz CT molecular complexity index is 286. The molecule has 0 fully saturated rings. The first kappa shape index (κ1) is 12.8. The van der Waals surface area contributed by atoms with E-state index in [0.29, 0.717) is 0 Å². The zero-order chi connectivity index (χ0) is 11.1. The summed E-state index contributed by atoms with van der Waals surface area (Å²) in [5, 5.41) is 1.44. The fourth-order valence-corrected chi connectivity index (χ4v) is 4.91. The van der Waals surface area contributed by atoms with Crippen LogP contribution < -0.4 is 5.19 Å². The number of hydrogen-bond acceptors (Lipinski definition) is 0. The smallest absolute Gasteiger partial charge is 0.165 e. The quantitative estimate of drug-likeness (QED) is 0.404. The Kier molecular flexibility index (Phi) is 6.04. The van der Waals surface area contributed by atoms with Crippen LogP contribution in [0.25, 0.3) is 0 Å². The molecule has 0 spiro atoms. The fraction of sp³-hybridized carbons (Fsp3) is 0.538. The normalized spacial score (nSPS) is 12.7. The fourth-order valence-electron chi connectivity index (χ4n) is 1.84. The van der Waals surface area contributed by atoms with Crippen LogP contribution in [0.1, 0.15) is 38.2 Å². The average molecular weight is 241 g/mol. The van der Waals surface area contributed by atoms with Crippen LogP contribution in [0.3, 0.4) is 0 Å². The van der Waals surface area contributed by atoms with E-state index < -0.39 is 8.11 Å². The van der Waals surface area contributed by atoms with E-state index in [-0.39, 0.29) is 0 Å². The first-order chi connectivity index (χ1) is 7.25. The first-order valence-electron chi connectivity index (χ1n) is 5.95. The second kappa shape index (κ2) is 7.08. The molecule has 0 aromatic heterocycles. The average Bonchev–Trinajstić information content (AvgIpc) is 2.25. The van der Waals surface area contributed by atoms with Crippen molar-refractivity contribution in [2.24, 2.45) is 0 Å². The third-order valence-corrected chi connectivity index (χ3v) is 6.43. The van der Waals surface area contributed by atoms with Crippen LogP contribution in [0.2, 0.25) is 6.04 Å². The summed E-state index contributed by atoms with van der Waals surface area (Å²) in [4.78, 5) is 0. The Morgan fingerprint density at radius 1 is 1.13 bits per heavy atom. The van der Waals surface area contributed by atoms with E-state index >= 15 is 0 Å². The molecule has 84 valence electrons. The maximum Gasteiger partial charge on any atom is 0.171 e. The molecule has 1 atom stereocenters. The summed E-state index contributed by atoms with van der Waals surface area (Å²) in [5.74, 6) is 0. The highest BCUT2D eigenvalue weighted by Crippen LogP contribution is 2.10.